The molecule has 1 fully saturated rings. The molecule has 2 aromatic heterocycles. The molecule has 2 atom stereocenters. The molecule has 2 aliphatic rings. The lowest BCUT2D eigenvalue weighted by Gasteiger charge is -2.28. The van der Waals surface area contributed by atoms with E-state index in [0.29, 0.717) is 65.0 Å². The molecule has 0 bridgehead atoms. The van der Waals surface area contributed by atoms with E-state index in [1.54, 1.807) is 67.0 Å². The maximum Gasteiger partial charge on any atom is 0.272 e. The van der Waals surface area contributed by atoms with Gasteiger partial charge >= 0.3 is 0 Å². The molecule has 3 aromatic rings. The predicted molar refractivity (Wildman–Crippen MR) is 189 cm³/mol. The molecule has 0 aliphatic carbocycles. The molecule has 50 heavy (non-hydrogen) atoms. The predicted octanol–water partition coefficient (Wildman–Crippen LogP) is 3.11. The molecule has 15 nitrogen and oxygen atoms in total. The lowest BCUT2D eigenvalue weighted by Crippen LogP contribution is -2.44. The number of aromatic nitrogens is 2. The molecule has 0 spiro atoms. The highest BCUT2D eigenvalue weighted by Gasteiger charge is 2.39. The number of anilines is 3. The first-order valence-electron chi connectivity index (χ1n) is 16.8. The van der Waals surface area contributed by atoms with Crippen molar-refractivity contribution in [3.8, 4) is 11.5 Å². The Morgan fingerprint density at radius 2 is 1.64 bits per heavy atom. The molecule has 0 radical (unpaired) electrons. The fourth-order valence-corrected chi connectivity index (χ4v) is 6.35. The van der Waals surface area contributed by atoms with Crippen LogP contribution < -0.4 is 30.7 Å². The maximum atomic E-state index is 13.3. The van der Waals surface area contributed by atoms with Gasteiger partial charge in [-0.3, -0.25) is 19.2 Å². The standard InChI is InChI=1S/C35H48N8O7/c1-40(2)13-9-12-36-32(45)27-17-23(21-41(27)3)38-33(46)28-16-22(20-42(28)4)37-31(44)11-8-15-50-30-19-25-24(18-29(30)48-5)35(47)43-14-7-10-26(43)34(39-25)49-6/h16-21,26,34,39H,7-15H2,1-6H3,(H,36,45)(H,37,44)(H,38,46)/t26-,34?/m0/s1. The summed E-state index contributed by atoms with van der Waals surface area (Å²) in [6.07, 6.45) is 6.19. The number of fused-ring (bicyclic) bond motifs is 2. The average molecular weight is 693 g/mol. The van der Waals surface area contributed by atoms with Crippen molar-refractivity contribution in [2.45, 2.75) is 44.4 Å². The summed E-state index contributed by atoms with van der Waals surface area (Å²) >= 11 is 0. The third-order valence-electron chi connectivity index (χ3n) is 8.89. The molecule has 15 heteroatoms. The second kappa shape index (κ2) is 16.1. The second-order valence-corrected chi connectivity index (χ2v) is 12.9. The van der Waals surface area contributed by atoms with Crippen LogP contribution in [0.25, 0.3) is 0 Å². The van der Waals surface area contributed by atoms with Crippen molar-refractivity contribution >= 4 is 40.7 Å². The van der Waals surface area contributed by atoms with Gasteiger partial charge in [-0.25, -0.2) is 0 Å². The normalized spacial score (nSPS) is 16.7. The van der Waals surface area contributed by atoms with Crippen LogP contribution in [-0.4, -0.2) is 109 Å². The fourth-order valence-electron chi connectivity index (χ4n) is 6.35. The summed E-state index contributed by atoms with van der Waals surface area (Å²) in [5.74, 6) is -0.0252. The first-order chi connectivity index (χ1) is 24.0. The molecule has 0 saturated carbocycles. The summed E-state index contributed by atoms with van der Waals surface area (Å²) in [6.45, 7) is 2.33. The first kappa shape index (κ1) is 36.3. The van der Waals surface area contributed by atoms with Crippen molar-refractivity contribution in [3.05, 3.63) is 53.6 Å². The number of benzene rings is 1. The van der Waals surface area contributed by atoms with E-state index < -0.39 is 0 Å². The minimum atomic E-state index is -0.381. The fraction of sp³-hybridized carbons (Fsp3) is 0.486. The molecule has 4 heterocycles. The highest BCUT2D eigenvalue weighted by Crippen LogP contribution is 2.38. The topological polar surface area (TPSA) is 160 Å². The van der Waals surface area contributed by atoms with Crippen LogP contribution in [0.15, 0.2) is 36.7 Å². The summed E-state index contributed by atoms with van der Waals surface area (Å²) in [5.41, 5.74) is 2.83. The summed E-state index contributed by atoms with van der Waals surface area (Å²) in [6, 6.07) is 6.60. The lowest BCUT2D eigenvalue weighted by molar-refractivity contribution is -0.116. The molecule has 270 valence electrons. The van der Waals surface area contributed by atoms with Crippen molar-refractivity contribution in [2.24, 2.45) is 14.1 Å². The van der Waals surface area contributed by atoms with Crippen LogP contribution in [0, 0.1) is 0 Å². The lowest BCUT2D eigenvalue weighted by atomic mass is 10.1. The summed E-state index contributed by atoms with van der Waals surface area (Å²) in [5, 5.41) is 11.9. The van der Waals surface area contributed by atoms with Gasteiger partial charge < -0.3 is 54.4 Å². The third-order valence-corrected chi connectivity index (χ3v) is 8.89. The zero-order valence-corrected chi connectivity index (χ0v) is 29.6. The van der Waals surface area contributed by atoms with Gasteiger partial charge in [0.25, 0.3) is 17.7 Å². The van der Waals surface area contributed by atoms with Crippen molar-refractivity contribution in [1.29, 1.82) is 0 Å². The molecule has 1 aromatic carbocycles. The Morgan fingerprint density at radius 1 is 0.940 bits per heavy atom. The Balaban J connectivity index is 1.12. The first-order valence-corrected chi connectivity index (χ1v) is 16.8. The van der Waals surface area contributed by atoms with Crippen LogP contribution in [0.2, 0.25) is 0 Å². The highest BCUT2D eigenvalue weighted by molar-refractivity contribution is 6.05. The van der Waals surface area contributed by atoms with Gasteiger partial charge in [-0.15, -0.1) is 0 Å². The van der Waals surface area contributed by atoms with Gasteiger partial charge in [-0.2, -0.15) is 0 Å². The molecule has 1 unspecified atom stereocenters. The Kier molecular flexibility index (Phi) is 11.7. The Morgan fingerprint density at radius 3 is 2.32 bits per heavy atom. The number of rotatable bonds is 15. The third kappa shape index (κ3) is 8.40. The highest BCUT2D eigenvalue weighted by atomic mass is 16.5. The number of ether oxygens (including phenoxy) is 3. The van der Waals surface area contributed by atoms with E-state index in [9.17, 15) is 19.2 Å². The number of nitrogens with zero attached hydrogens (tertiary/aromatic N) is 4. The van der Waals surface area contributed by atoms with Crippen LogP contribution >= 0.6 is 0 Å². The van der Waals surface area contributed by atoms with Gasteiger partial charge in [0, 0.05) is 59.2 Å². The zero-order chi connectivity index (χ0) is 35.9. The van der Waals surface area contributed by atoms with Crippen LogP contribution in [0.3, 0.4) is 0 Å². The van der Waals surface area contributed by atoms with Crippen LogP contribution in [-0.2, 0) is 23.6 Å². The second-order valence-electron chi connectivity index (χ2n) is 12.9. The van der Waals surface area contributed by atoms with Gasteiger partial charge in [0.2, 0.25) is 5.91 Å². The van der Waals surface area contributed by atoms with Crippen molar-refractivity contribution < 1.29 is 33.4 Å². The largest absolute Gasteiger partial charge is 0.493 e. The Bertz CT molecular complexity index is 1710. The number of hydrogen-bond acceptors (Lipinski definition) is 9. The van der Waals surface area contributed by atoms with E-state index in [0.717, 1.165) is 25.8 Å². The molecular formula is C35H48N8O7. The molecule has 4 amide bonds. The average Bonchev–Trinajstić information content (AvgIpc) is 3.80. The number of hydrogen-bond donors (Lipinski definition) is 4. The number of methoxy groups -OCH3 is 2. The molecule has 4 N–H and O–H groups in total. The van der Waals surface area contributed by atoms with Gasteiger partial charge in [0.05, 0.1) is 42.4 Å². The smallest absolute Gasteiger partial charge is 0.272 e. The summed E-state index contributed by atoms with van der Waals surface area (Å²) < 4.78 is 20.5. The number of carbonyl (C=O) groups excluding carboxylic acids is 4. The molecule has 2 aliphatic heterocycles. The van der Waals surface area contributed by atoms with E-state index in [1.165, 1.54) is 7.11 Å². The van der Waals surface area contributed by atoms with Gasteiger partial charge in [-0.05, 0) is 64.5 Å². The molecular weight excluding hydrogens is 644 g/mol. The maximum absolute atomic E-state index is 13.3. The van der Waals surface area contributed by atoms with E-state index >= 15 is 0 Å². The number of aryl methyl sites for hydroxylation is 2. The summed E-state index contributed by atoms with van der Waals surface area (Å²) in [7, 11) is 10.6. The van der Waals surface area contributed by atoms with Crippen molar-refractivity contribution in [3.63, 3.8) is 0 Å². The van der Waals surface area contributed by atoms with Crippen LogP contribution in [0.4, 0.5) is 17.1 Å². The van der Waals surface area contributed by atoms with E-state index in [1.807, 2.05) is 19.0 Å². The van der Waals surface area contributed by atoms with Gasteiger partial charge in [0.1, 0.15) is 17.6 Å². The van der Waals surface area contributed by atoms with Gasteiger partial charge in [0.15, 0.2) is 11.5 Å². The minimum Gasteiger partial charge on any atom is -0.493 e. The number of nitrogens with one attached hydrogen (secondary N) is 4. The monoisotopic (exact) mass is 692 g/mol. The molecule has 1 saturated heterocycles. The van der Waals surface area contributed by atoms with Crippen LogP contribution in [0.1, 0.15) is 63.4 Å². The quantitative estimate of drug-likeness (QED) is 0.176. The van der Waals surface area contributed by atoms with Crippen molar-refractivity contribution in [2.75, 3.05) is 70.5 Å². The van der Waals surface area contributed by atoms with Crippen LogP contribution in [0.5, 0.6) is 11.5 Å². The van der Waals surface area contributed by atoms with E-state index in [4.69, 9.17) is 14.2 Å². The number of carbonyl (C=O) groups is 4. The van der Waals surface area contributed by atoms with Gasteiger partial charge in [-0.1, -0.05) is 0 Å². The molecule has 5 rings (SSSR count). The minimum absolute atomic E-state index is 0.0523. The SMILES string of the molecule is COc1cc2c(cc1OCCCC(=O)Nc1cc(C(=O)Nc3cc(C(=O)NCCCN(C)C)n(C)c3)n(C)c1)NC(OC)[C@@H]1CCCN1C2=O. The van der Waals surface area contributed by atoms with E-state index in [2.05, 4.69) is 26.2 Å². The number of amides is 4. The van der Waals surface area contributed by atoms with Crippen molar-refractivity contribution in [1.82, 2.24) is 24.3 Å². The van der Waals surface area contributed by atoms with E-state index in [-0.39, 0.29) is 48.9 Å². The Hall–Kier alpha value is -5.02. The zero-order valence-electron chi connectivity index (χ0n) is 29.6. The summed E-state index contributed by atoms with van der Waals surface area (Å²) in [4.78, 5) is 55.7. The Labute approximate surface area is 292 Å².